The maximum Gasteiger partial charge on any atom is 0.330 e. The fourth-order valence-corrected chi connectivity index (χ4v) is 9.05. The second-order valence-electron chi connectivity index (χ2n) is 14.8. The quantitative estimate of drug-likeness (QED) is 0.196. The number of hydrogen-bond acceptors (Lipinski definition) is 8. The predicted octanol–water partition coefficient (Wildman–Crippen LogP) is 5.29. The number of ether oxygens (including phenoxy) is 3. The Hall–Kier alpha value is -1.81. The average molecular weight is 579 g/mol. The molecule has 0 aromatic heterocycles. The van der Waals surface area contributed by atoms with Crippen molar-refractivity contribution < 1.29 is 38.1 Å². The Balaban J connectivity index is 2.43. The highest BCUT2D eigenvalue weighted by molar-refractivity contribution is 6.74. The number of ketones is 1. The van der Waals surface area contributed by atoms with Crippen molar-refractivity contribution >= 4 is 26.0 Å². The SMILES string of the molecule is C=CC(=O)O[C@H]1[C@H]2C(C)(C)CC[C@H](O[Si](C)(C)C(C)(C)C)[C@]2(C)[C@@]2(O)C(=O)C[C@](C)(C=C)O[C@]2(C)[C@H]1OC(C)=O. The van der Waals surface area contributed by atoms with E-state index in [1.165, 1.54) is 13.0 Å². The minimum absolute atomic E-state index is 0.123. The predicted molar refractivity (Wildman–Crippen MR) is 155 cm³/mol. The molecule has 40 heavy (non-hydrogen) atoms. The molecule has 3 rings (SSSR count). The first-order chi connectivity index (χ1) is 18.0. The third-order valence-electron chi connectivity index (χ3n) is 10.6. The molecule has 0 aromatic carbocycles. The van der Waals surface area contributed by atoms with Crippen molar-refractivity contribution in [3.05, 3.63) is 25.3 Å². The first-order valence-corrected chi connectivity index (χ1v) is 17.2. The van der Waals surface area contributed by atoms with Crippen LogP contribution in [0, 0.1) is 16.7 Å². The van der Waals surface area contributed by atoms with Gasteiger partial charge in [0.15, 0.2) is 25.8 Å². The van der Waals surface area contributed by atoms with Crippen LogP contribution in [0.25, 0.3) is 0 Å². The number of hydrogen-bond donors (Lipinski definition) is 1. The molecule has 0 spiro atoms. The van der Waals surface area contributed by atoms with Crippen LogP contribution in [0.3, 0.4) is 0 Å². The molecule has 0 amide bonds. The van der Waals surface area contributed by atoms with E-state index in [0.29, 0.717) is 12.8 Å². The fourth-order valence-electron chi connectivity index (χ4n) is 7.62. The van der Waals surface area contributed by atoms with Gasteiger partial charge in [0.05, 0.1) is 11.7 Å². The summed E-state index contributed by atoms with van der Waals surface area (Å²) in [5, 5.41) is 12.9. The molecule has 0 aromatic rings. The van der Waals surface area contributed by atoms with Crippen LogP contribution in [0.5, 0.6) is 0 Å². The maximum atomic E-state index is 14.4. The summed E-state index contributed by atoms with van der Waals surface area (Å²) in [6.07, 6.45) is 0.781. The molecular weight excluding hydrogens is 528 g/mol. The molecule has 2 saturated carbocycles. The molecule has 0 bridgehead atoms. The van der Waals surface area contributed by atoms with E-state index < -0.39 is 77.9 Å². The summed E-state index contributed by atoms with van der Waals surface area (Å²) in [6.45, 7) is 28.6. The van der Waals surface area contributed by atoms with Crippen LogP contribution in [0.4, 0.5) is 0 Å². The average Bonchev–Trinajstić information content (AvgIpc) is 2.80. The largest absolute Gasteiger partial charge is 0.455 e. The summed E-state index contributed by atoms with van der Waals surface area (Å²) in [6, 6.07) is 0. The molecule has 9 heteroatoms. The number of carbonyl (C=O) groups is 3. The van der Waals surface area contributed by atoms with Gasteiger partial charge in [-0.3, -0.25) is 9.59 Å². The van der Waals surface area contributed by atoms with E-state index in [4.69, 9.17) is 18.6 Å². The molecule has 1 N–H and O–H groups in total. The van der Waals surface area contributed by atoms with E-state index >= 15 is 0 Å². The van der Waals surface area contributed by atoms with Gasteiger partial charge in [-0.2, -0.15) is 0 Å². The van der Waals surface area contributed by atoms with Crippen molar-refractivity contribution in [2.45, 2.75) is 135 Å². The van der Waals surface area contributed by atoms with Crippen LogP contribution in [0.1, 0.15) is 81.6 Å². The third-order valence-corrected chi connectivity index (χ3v) is 15.1. The Labute approximate surface area is 241 Å². The zero-order valence-electron chi connectivity index (χ0n) is 26.3. The minimum Gasteiger partial charge on any atom is -0.455 e. The summed E-state index contributed by atoms with van der Waals surface area (Å²) >= 11 is 0. The van der Waals surface area contributed by atoms with Crippen molar-refractivity contribution in [2.24, 2.45) is 16.7 Å². The van der Waals surface area contributed by atoms with E-state index in [-0.39, 0.29) is 11.5 Å². The number of Topliss-reactive ketones (excluding diaryl/α,β-unsaturated/α-hetero) is 1. The van der Waals surface area contributed by atoms with Gasteiger partial charge >= 0.3 is 11.9 Å². The third kappa shape index (κ3) is 4.65. The Morgan fingerprint density at radius 2 is 1.68 bits per heavy atom. The zero-order valence-corrected chi connectivity index (χ0v) is 27.3. The van der Waals surface area contributed by atoms with Crippen molar-refractivity contribution in [1.29, 1.82) is 0 Å². The van der Waals surface area contributed by atoms with Crippen LogP contribution in [0.15, 0.2) is 25.3 Å². The highest BCUT2D eigenvalue weighted by Gasteiger charge is 2.82. The molecule has 8 nitrogen and oxygen atoms in total. The molecule has 3 fully saturated rings. The second-order valence-corrected chi connectivity index (χ2v) is 19.6. The van der Waals surface area contributed by atoms with Crippen molar-refractivity contribution in [2.75, 3.05) is 0 Å². The molecule has 3 aliphatic rings. The number of fused-ring (bicyclic) bond motifs is 3. The molecule has 0 unspecified atom stereocenters. The molecule has 1 aliphatic heterocycles. The highest BCUT2D eigenvalue weighted by Crippen LogP contribution is 2.68. The molecule has 0 radical (unpaired) electrons. The molecule has 8 atom stereocenters. The van der Waals surface area contributed by atoms with Crippen molar-refractivity contribution in [3.8, 4) is 0 Å². The van der Waals surface area contributed by atoms with Crippen molar-refractivity contribution in [3.63, 3.8) is 0 Å². The van der Waals surface area contributed by atoms with Gasteiger partial charge in [-0.25, -0.2) is 4.79 Å². The summed E-state index contributed by atoms with van der Waals surface area (Å²) < 4.78 is 25.7. The van der Waals surface area contributed by atoms with E-state index in [1.807, 2.05) is 20.8 Å². The molecule has 2 aliphatic carbocycles. The molecule has 1 heterocycles. The van der Waals surface area contributed by atoms with Crippen LogP contribution < -0.4 is 0 Å². The standard InChI is InChI=1S/C31H50O8Si/c1-14-22(34)37-23-24-27(7,8)17-16-21(38-40(12,13)26(4,5)6)29(24,10)31(35)20(33)18-28(9,15-2)39-30(31,11)25(23)36-19(3)32/h14-15,21,23-25,35H,1-2,16-18H2,3-13H3/t21-,23-,24-,25-,28-,29-,30+,31-/m0/s1. The Bertz CT molecular complexity index is 1090. The number of carbonyl (C=O) groups excluding carboxylic acids is 3. The summed E-state index contributed by atoms with van der Waals surface area (Å²) in [5.41, 5.74) is -6.97. The second kappa shape index (κ2) is 9.89. The van der Waals surface area contributed by atoms with Gasteiger partial charge in [0.25, 0.3) is 0 Å². The summed E-state index contributed by atoms with van der Waals surface area (Å²) in [7, 11) is -2.43. The van der Waals surface area contributed by atoms with Gasteiger partial charge in [0.2, 0.25) is 0 Å². The van der Waals surface area contributed by atoms with Crippen LogP contribution in [-0.2, 0) is 33.0 Å². The monoisotopic (exact) mass is 578 g/mol. The van der Waals surface area contributed by atoms with Gasteiger partial charge in [0.1, 0.15) is 11.7 Å². The lowest BCUT2D eigenvalue weighted by molar-refractivity contribution is -0.369. The number of esters is 2. The Morgan fingerprint density at radius 3 is 2.15 bits per heavy atom. The smallest absolute Gasteiger partial charge is 0.330 e. The number of rotatable bonds is 6. The van der Waals surface area contributed by atoms with Gasteiger partial charge < -0.3 is 23.7 Å². The van der Waals surface area contributed by atoms with E-state index in [1.54, 1.807) is 13.8 Å². The number of aliphatic hydroxyl groups is 1. The zero-order chi connectivity index (χ0) is 30.9. The summed E-state index contributed by atoms with van der Waals surface area (Å²) in [5.74, 6) is -2.43. The van der Waals surface area contributed by atoms with Crippen molar-refractivity contribution in [1.82, 2.24) is 0 Å². The lowest BCUT2D eigenvalue weighted by atomic mass is 9.39. The van der Waals surface area contributed by atoms with Crippen LogP contribution in [0.2, 0.25) is 18.1 Å². The molecule has 226 valence electrons. The minimum atomic E-state index is -2.43. The highest BCUT2D eigenvalue weighted by atomic mass is 28.4. The van der Waals surface area contributed by atoms with Gasteiger partial charge in [-0.1, -0.05) is 54.2 Å². The van der Waals surface area contributed by atoms with E-state index in [2.05, 4.69) is 47.0 Å². The van der Waals surface area contributed by atoms with Gasteiger partial charge in [-0.05, 0) is 50.2 Å². The first-order valence-electron chi connectivity index (χ1n) is 14.2. The van der Waals surface area contributed by atoms with E-state index in [0.717, 1.165) is 6.08 Å². The molecule has 1 saturated heterocycles. The normalized spacial score (nSPS) is 41.2. The first kappa shape index (κ1) is 32.7. The fraction of sp³-hybridized carbons (Fsp3) is 0.774. The molecular formula is C31H50O8Si. The van der Waals surface area contributed by atoms with Crippen LogP contribution >= 0.6 is 0 Å². The van der Waals surface area contributed by atoms with Gasteiger partial charge in [-0.15, -0.1) is 6.58 Å². The van der Waals surface area contributed by atoms with Crippen LogP contribution in [-0.4, -0.2) is 66.3 Å². The summed E-state index contributed by atoms with van der Waals surface area (Å²) in [4.78, 5) is 39.8. The lowest BCUT2D eigenvalue weighted by Gasteiger charge is -2.72. The Kier molecular flexibility index (Phi) is 8.08. The Morgan fingerprint density at radius 1 is 1.10 bits per heavy atom. The van der Waals surface area contributed by atoms with E-state index in [9.17, 15) is 19.5 Å². The maximum absolute atomic E-state index is 14.4. The lowest BCUT2D eigenvalue weighted by Crippen LogP contribution is -2.87. The topological polar surface area (TPSA) is 108 Å². The van der Waals surface area contributed by atoms with Gasteiger partial charge in [0, 0.05) is 30.8 Å².